The first-order valence-corrected chi connectivity index (χ1v) is 10.7. The number of pyridine rings is 1. The van der Waals surface area contributed by atoms with E-state index < -0.39 is 11.7 Å². The Morgan fingerprint density at radius 2 is 1.76 bits per heavy atom. The highest BCUT2D eigenvalue weighted by atomic mass is 19.4. The van der Waals surface area contributed by atoms with Crippen molar-refractivity contribution in [2.75, 3.05) is 44.3 Å². The van der Waals surface area contributed by atoms with E-state index in [1.165, 1.54) is 6.07 Å². The number of hydrogen-bond acceptors (Lipinski definition) is 6. The fourth-order valence-corrected chi connectivity index (χ4v) is 3.84. The molecule has 1 aliphatic heterocycles. The number of fused-ring (bicyclic) bond motifs is 1. The van der Waals surface area contributed by atoms with Crippen LogP contribution in [0.2, 0.25) is 0 Å². The molecule has 0 aliphatic carbocycles. The van der Waals surface area contributed by atoms with E-state index in [1.807, 2.05) is 23.1 Å². The highest BCUT2D eigenvalue weighted by molar-refractivity contribution is 5.84. The van der Waals surface area contributed by atoms with Crippen LogP contribution >= 0.6 is 0 Å². The minimum absolute atomic E-state index is 0.00969. The summed E-state index contributed by atoms with van der Waals surface area (Å²) in [6, 6.07) is 8.40. The summed E-state index contributed by atoms with van der Waals surface area (Å²) >= 11 is 0. The molecule has 0 N–H and O–H groups in total. The van der Waals surface area contributed by atoms with Gasteiger partial charge in [0, 0.05) is 43.1 Å². The van der Waals surface area contributed by atoms with Gasteiger partial charge >= 0.3 is 6.18 Å². The highest BCUT2D eigenvalue weighted by Gasteiger charge is 2.31. The van der Waals surface area contributed by atoms with Crippen LogP contribution in [0.1, 0.15) is 17.5 Å². The second-order valence-electron chi connectivity index (χ2n) is 7.79. The van der Waals surface area contributed by atoms with Crippen LogP contribution in [0.5, 0.6) is 0 Å². The SMILES string of the molecule is O=C(CCOCCc1cccc2cnncc12)N1CCN(c2ccc(C(F)(F)F)cn2)CC1. The third kappa shape index (κ3) is 5.75. The third-order valence-electron chi connectivity index (χ3n) is 5.69. The summed E-state index contributed by atoms with van der Waals surface area (Å²) in [5.41, 5.74) is 0.357. The molecule has 0 saturated carbocycles. The van der Waals surface area contributed by atoms with Crippen LogP contribution in [0.25, 0.3) is 10.8 Å². The fourth-order valence-electron chi connectivity index (χ4n) is 3.84. The van der Waals surface area contributed by atoms with Gasteiger partial charge in [-0.15, -0.1) is 0 Å². The van der Waals surface area contributed by atoms with Crippen molar-refractivity contribution >= 4 is 22.5 Å². The molecule has 0 atom stereocenters. The number of benzene rings is 1. The van der Waals surface area contributed by atoms with Crippen molar-refractivity contribution < 1.29 is 22.7 Å². The van der Waals surface area contributed by atoms with Crippen LogP contribution in [0.15, 0.2) is 48.9 Å². The highest BCUT2D eigenvalue weighted by Crippen LogP contribution is 2.29. The Hall–Kier alpha value is -3.27. The summed E-state index contributed by atoms with van der Waals surface area (Å²) in [7, 11) is 0. The van der Waals surface area contributed by atoms with Gasteiger partial charge in [0.25, 0.3) is 0 Å². The number of rotatable bonds is 7. The van der Waals surface area contributed by atoms with Crippen molar-refractivity contribution in [3.05, 3.63) is 60.0 Å². The van der Waals surface area contributed by atoms with Crippen LogP contribution in [0.3, 0.4) is 0 Å². The zero-order chi connectivity index (χ0) is 23.3. The van der Waals surface area contributed by atoms with Gasteiger partial charge in [0.2, 0.25) is 5.91 Å². The lowest BCUT2D eigenvalue weighted by Gasteiger charge is -2.35. The monoisotopic (exact) mass is 459 g/mol. The van der Waals surface area contributed by atoms with Crippen molar-refractivity contribution in [2.45, 2.75) is 19.0 Å². The fraction of sp³-hybridized carbons (Fsp3) is 0.391. The Balaban J connectivity index is 1.17. The van der Waals surface area contributed by atoms with Gasteiger partial charge in [-0.25, -0.2) is 4.98 Å². The molecule has 3 aromatic rings. The number of hydrogen-bond donors (Lipinski definition) is 0. The number of piperazine rings is 1. The Morgan fingerprint density at radius 3 is 2.48 bits per heavy atom. The molecule has 1 aliphatic rings. The van der Waals surface area contributed by atoms with Gasteiger partial charge in [-0.1, -0.05) is 18.2 Å². The molecule has 2 aromatic heterocycles. The van der Waals surface area contributed by atoms with Gasteiger partial charge in [0.05, 0.1) is 37.6 Å². The standard InChI is InChI=1S/C23H24F3N5O2/c24-23(25,26)19-4-5-21(27-15-19)30-8-10-31(11-9-30)22(32)7-13-33-12-6-17-2-1-3-18-14-28-29-16-20(17)18/h1-5,14-16H,6-13H2. The van der Waals surface area contributed by atoms with Gasteiger partial charge in [0.1, 0.15) is 5.82 Å². The normalized spacial score (nSPS) is 14.6. The first-order valence-electron chi connectivity index (χ1n) is 10.7. The van der Waals surface area contributed by atoms with Crippen LogP contribution in [-0.2, 0) is 22.1 Å². The van der Waals surface area contributed by atoms with E-state index in [9.17, 15) is 18.0 Å². The Kier molecular flexibility index (Phi) is 7.02. The van der Waals surface area contributed by atoms with Crippen molar-refractivity contribution in [2.24, 2.45) is 0 Å². The molecule has 1 amide bonds. The van der Waals surface area contributed by atoms with Gasteiger partial charge in [-0.2, -0.15) is 23.4 Å². The average Bonchev–Trinajstić information content (AvgIpc) is 2.83. The van der Waals surface area contributed by atoms with Crippen LogP contribution in [0, 0.1) is 0 Å². The second-order valence-corrected chi connectivity index (χ2v) is 7.79. The molecular weight excluding hydrogens is 435 g/mol. The van der Waals surface area contributed by atoms with E-state index in [-0.39, 0.29) is 5.91 Å². The molecule has 1 aromatic carbocycles. The Labute approximate surface area is 189 Å². The van der Waals surface area contributed by atoms with Crippen molar-refractivity contribution in [1.29, 1.82) is 0 Å². The lowest BCUT2D eigenvalue weighted by Crippen LogP contribution is -2.49. The summed E-state index contributed by atoms with van der Waals surface area (Å²) in [6.45, 7) is 2.88. The first-order chi connectivity index (χ1) is 15.9. The zero-order valence-electron chi connectivity index (χ0n) is 18.0. The van der Waals surface area contributed by atoms with Crippen LogP contribution in [0.4, 0.5) is 19.0 Å². The van der Waals surface area contributed by atoms with Crippen LogP contribution in [-0.4, -0.2) is 65.4 Å². The van der Waals surface area contributed by atoms with Crippen LogP contribution < -0.4 is 4.90 Å². The molecule has 0 unspecified atom stereocenters. The predicted molar refractivity (Wildman–Crippen MR) is 117 cm³/mol. The van der Waals surface area contributed by atoms with E-state index >= 15 is 0 Å². The molecule has 4 rings (SSSR count). The quantitative estimate of drug-likeness (QED) is 0.505. The summed E-state index contributed by atoms with van der Waals surface area (Å²) in [5.74, 6) is 0.494. The molecule has 10 heteroatoms. The van der Waals surface area contributed by atoms with E-state index in [2.05, 4.69) is 15.2 Å². The topological polar surface area (TPSA) is 71.5 Å². The number of anilines is 1. The molecule has 174 valence electrons. The van der Waals surface area contributed by atoms with E-state index in [1.54, 1.807) is 17.3 Å². The molecule has 0 spiro atoms. The molecule has 0 radical (unpaired) electrons. The van der Waals surface area contributed by atoms with E-state index in [0.717, 1.165) is 35.0 Å². The van der Waals surface area contributed by atoms with Gasteiger partial charge < -0.3 is 14.5 Å². The average molecular weight is 459 g/mol. The van der Waals surface area contributed by atoms with E-state index in [4.69, 9.17) is 4.74 Å². The molecule has 3 heterocycles. The summed E-state index contributed by atoms with van der Waals surface area (Å²) < 4.78 is 43.7. The number of nitrogens with zero attached hydrogens (tertiary/aromatic N) is 5. The number of carbonyl (C=O) groups excluding carboxylic acids is 1. The molecule has 33 heavy (non-hydrogen) atoms. The minimum atomic E-state index is -4.40. The number of carbonyl (C=O) groups is 1. The number of ether oxygens (including phenoxy) is 1. The van der Waals surface area contributed by atoms with E-state index in [0.29, 0.717) is 51.6 Å². The van der Waals surface area contributed by atoms with Gasteiger partial charge in [-0.05, 0) is 24.1 Å². The van der Waals surface area contributed by atoms with Crippen molar-refractivity contribution in [3.8, 4) is 0 Å². The van der Waals surface area contributed by atoms with Crippen molar-refractivity contribution in [3.63, 3.8) is 0 Å². The second kappa shape index (κ2) is 10.1. The smallest absolute Gasteiger partial charge is 0.381 e. The molecular formula is C23H24F3N5O2. The Bertz CT molecular complexity index is 1080. The number of amides is 1. The Morgan fingerprint density at radius 1 is 0.970 bits per heavy atom. The molecule has 1 saturated heterocycles. The maximum absolute atomic E-state index is 12.7. The molecule has 1 fully saturated rings. The zero-order valence-corrected chi connectivity index (χ0v) is 18.0. The summed E-state index contributed by atoms with van der Waals surface area (Å²) in [6.07, 6.45) is 0.924. The number of alkyl halides is 3. The molecule has 0 bridgehead atoms. The summed E-state index contributed by atoms with van der Waals surface area (Å²) in [4.78, 5) is 20.0. The largest absolute Gasteiger partial charge is 0.417 e. The minimum Gasteiger partial charge on any atom is -0.381 e. The summed E-state index contributed by atoms with van der Waals surface area (Å²) in [5, 5.41) is 9.91. The lowest BCUT2D eigenvalue weighted by atomic mass is 10.1. The third-order valence-corrected chi connectivity index (χ3v) is 5.69. The number of aromatic nitrogens is 3. The first kappa shape index (κ1) is 22.9. The molecule has 7 nitrogen and oxygen atoms in total. The maximum Gasteiger partial charge on any atom is 0.417 e. The van der Waals surface area contributed by atoms with Crippen molar-refractivity contribution in [1.82, 2.24) is 20.1 Å². The van der Waals surface area contributed by atoms with Gasteiger partial charge in [0.15, 0.2) is 0 Å². The maximum atomic E-state index is 12.7. The number of halogens is 3. The lowest BCUT2D eigenvalue weighted by molar-refractivity contribution is -0.138. The van der Waals surface area contributed by atoms with Gasteiger partial charge in [-0.3, -0.25) is 4.79 Å². The predicted octanol–water partition coefficient (Wildman–Crippen LogP) is 3.34.